The van der Waals surface area contributed by atoms with E-state index in [2.05, 4.69) is 5.32 Å². The summed E-state index contributed by atoms with van der Waals surface area (Å²) in [5.41, 5.74) is 2.58. The molecule has 9 heteroatoms. The van der Waals surface area contributed by atoms with E-state index in [4.69, 9.17) is 0 Å². The summed E-state index contributed by atoms with van der Waals surface area (Å²) < 4.78 is 41.6. The minimum Gasteiger partial charge on any atom is -0.352 e. The number of benzene rings is 3. The van der Waals surface area contributed by atoms with E-state index in [9.17, 15) is 22.4 Å². The van der Waals surface area contributed by atoms with E-state index < -0.39 is 21.9 Å². The number of nitrogens with one attached hydrogen (secondary N) is 1. The molecule has 230 valence electrons. The SMILES string of the molecule is Cc1ccccc1N(CCCC(=O)N(Cc1ccccc1F)[C@H](Cc1ccccc1)C(=O)NC1CCCCC1)S(C)(=O)=O. The number of carbonyl (C=O) groups is 2. The molecule has 3 aromatic rings. The largest absolute Gasteiger partial charge is 0.352 e. The van der Waals surface area contributed by atoms with Gasteiger partial charge in [0.05, 0.1) is 11.9 Å². The van der Waals surface area contributed by atoms with Crippen LogP contribution in [0, 0.1) is 12.7 Å². The molecule has 1 saturated carbocycles. The fraction of sp³-hybridized carbons (Fsp3) is 0.412. The van der Waals surface area contributed by atoms with Gasteiger partial charge in [-0.3, -0.25) is 13.9 Å². The Labute approximate surface area is 255 Å². The Morgan fingerprint density at radius 1 is 0.930 bits per heavy atom. The smallest absolute Gasteiger partial charge is 0.243 e. The molecule has 1 aliphatic rings. The number of hydrogen-bond donors (Lipinski definition) is 1. The molecule has 43 heavy (non-hydrogen) atoms. The summed E-state index contributed by atoms with van der Waals surface area (Å²) in [5.74, 6) is -1.03. The van der Waals surface area contributed by atoms with Gasteiger partial charge in [0.25, 0.3) is 0 Å². The molecule has 3 aromatic carbocycles. The highest BCUT2D eigenvalue weighted by atomic mass is 32.2. The highest BCUT2D eigenvalue weighted by Gasteiger charge is 2.32. The molecular weight excluding hydrogens is 565 g/mol. The van der Waals surface area contributed by atoms with Crippen LogP contribution in [0.15, 0.2) is 78.9 Å². The van der Waals surface area contributed by atoms with Crippen molar-refractivity contribution in [1.29, 1.82) is 0 Å². The topological polar surface area (TPSA) is 86.8 Å². The zero-order valence-electron chi connectivity index (χ0n) is 25.0. The third-order valence-electron chi connectivity index (χ3n) is 8.06. The van der Waals surface area contributed by atoms with E-state index in [1.807, 2.05) is 49.4 Å². The molecule has 0 bridgehead atoms. The van der Waals surface area contributed by atoms with Crippen LogP contribution in [0.3, 0.4) is 0 Å². The molecule has 1 N–H and O–H groups in total. The van der Waals surface area contributed by atoms with Crippen LogP contribution in [-0.4, -0.2) is 50.0 Å². The van der Waals surface area contributed by atoms with Gasteiger partial charge in [0.15, 0.2) is 0 Å². The molecule has 0 aliphatic heterocycles. The first-order valence-corrected chi connectivity index (χ1v) is 16.9. The zero-order chi connectivity index (χ0) is 30.8. The number of rotatable bonds is 13. The van der Waals surface area contributed by atoms with E-state index >= 15 is 0 Å². The van der Waals surface area contributed by atoms with Crippen LogP contribution in [0.2, 0.25) is 0 Å². The lowest BCUT2D eigenvalue weighted by atomic mass is 9.94. The minimum absolute atomic E-state index is 0.00560. The van der Waals surface area contributed by atoms with Crippen LogP contribution in [0.25, 0.3) is 0 Å². The molecule has 4 rings (SSSR count). The summed E-state index contributed by atoms with van der Waals surface area (Å²) in [6.45, 7) is 1.86. The second-order valence-electron chi connectivity index (χ2n) is 11.4. The number of amides is 2. The summed E-state index contributed by atoms with van der Waals surface area (Å²) in [7, 11) is -3.60. The first-order chi connectivity index (χ1) is 20.6. The molecule has 0 radical (unpaired) electrons. The van der Waals surface area contributed by atoms with Gasteiger partial charge in [-0.05, 0) is 49.4 Å². The second-order valence-corrected chi connectivity index (χ2v) is 13.3. The number of hydrogen-bond acceptors (Lipinski definition) is 4. The number of para-hydroxylation sites is 1. The summed E-state index contributed by atoms with van der Waals surface area (Å²) >= 11 is 0. The van der Waals surface area contributed by atoms with Crippen LogP contribution >= 0.6 is 0 Å². The third kappa shape index (κ3) is 9.13. The highest BCUT2D eigenvalue weighted by Crippen LogP contribution is 2.24. The first-order valence-electron chi connectivity index (χ1n) is 15.0. The van der Waals surface area contributed by atoms with Gasteiger partial charge >= 0.3 is 0 Å². The van der Waals surface area contributed by atoms with Gasteiger partial charge in [-0.25, -0.2) is 12.8 Å². The Balaban J connectivity index is 1.60. The van der Waals surface area contributed by atoms with Gasteiger partial charge in [-0.1, -0.05) is 86.0 Å². The maximum Gasteiger partial charge on any atom is 0.243 e. The average molecular weight is 608 g/mol. The van der Waals surface area contributed by atoms with Gasteiger partial charge in [-0.2, -0.15) is 0 Å². The molecule has 0 spiro atoms. The van der Waals surface area contributed by atoms with Crippen molar-refractivity contribution in [2.45, 2.75) is 76.9 Å². The Bertz CT molecular complexity index is 1480. The van der Waals surface area contributed by atoms with Crippen molar-refractivity contribution >= 4 is 27.5 Å². The highest BCUT2D eigenvalue weighted by molar-refractivity contribution is 7.92. The van der Waals surface area contributed by atoms with Crippen molar-refractivity contribution in [1.82, 2.24) is 10.2 Å². The molecule has 0 unspecified atom stereocenters. The molecule has 0 aromatic heterocycles. The number of aryl methyl sites for hydroxylation is 1. The van der Waals surface area contributed by atoms with Gasteiger partial charge < -0.3 is 10.2 Å². The monoisotopic (exact) mass is 607 g/mol. The molecular formula is C34H42FN3O4S. The maximum atomic E-state index is 14.9. The first kappa shape index (κ1) is 32.2. The standard InChI is InChI=1S/C34H42FN3O4S/c1-26-14-9-12-21-31(26)38(43(2,41)42)23-13-22-33(39)37(25-28-17-10-11-20-30(28)35)32(24-27-15-5-3-6-16-27)34(40)36-29-18-7-4-8-19-29/h3,5-6,9-12,14-17,20-21,29,32H,4,7-8,13,18-19,22-25H2,1-2H3,(H,36,40)/t32-/m1/s1. The molecule has 1 atom stereocenters. The van der Waals surface area contributed by atoms with E-state index in [-0.39, 0.29) is 50.2 Å². The molecule has 0 saturated heterocycles. The predicted octanol–water partition coefficient (Wildman–Crippen LogP) is 5.77. The van der Waals surface area contributed by atoms with Gasteiger partial charge in [0.1, 0.15) is 11.9 Å². The van der Waals surface area contributed by atoms with Crippen molar-refractivity contribution in [3.05, 3.63) is 101 Å². The van der Waals surface area contributed by atoms with Crippen molar-refractivity contribution in [2.75, 3.05) is 17.1 Å². The Hall–Kier alpha value is -3.72. The van der Waals surface area contributed by atoms with Crippen LogP contribution < -0.4 is 9.62 Å². The fourth-order valence-electron chi connectivity index (χ4n) is 5.73. The number of anilines is 1. The molecule has 0 heterocycles. The van der Waals surface area contributed by atoms with Crippen molar-refractivity contribution in [2.24, 2.45) is 0 Å². The van der Waals surface area contributed by atoms with E-state index in [1.54, 1.807) is 30.3 Å². The Kier molecular flexibility index (Phi) is 11.3. The summed E-state index contributed by atoms with van der Waals surface area (Å²) in [6.07, 6.45) is 6.68. The van der Waals surface area contributed by atoms with Gasteiger partial charge in [0, 0.05) is 37.5 Å². The minimum atomic E-state index is -3.60. The molecule has 7 nitrogen and oxygen atoms in total. The van der Waals surface area contributed by atoms with Crippen LogP contribution in [0.1, 0.15) is 61.6 Å². The van der Waals surface area contributed by atoms with Crippen LogP contribution in [-0.2, 0) is 32.6 Å². The van der Waals surface area contributed by atoms with E-state index in [0.717, 1.165) is 49.5 Å². The normalized spacial score (nSPS) is 14.6. The molecule has 1 fully saturated rings. The van der Waals surface area contributed by atoms with Crippen molar-refractivity contribution < 1.29 is 22.4 Å². The third-order valence-corrected chi connectivity index (χ3v) is 9.24. The summed E-state index contributed by atoms with van der Waals surface area (Å²) in [5, 5.41) is 3.18. The fourth-order valence-corrected chi connectivity index (χ4v) is 6.76. The summed E-state index contributed by atoms with van der Waals surface area (Å²) in [4.78, 5) is 29.3. The predicted molar refractivity (Wildman–Crippen MR) is 169 cm³/mol. The number of carbonyl (C=O) groups excluding carboxylic acids is 2. The van der Waals surface area contributed by atoms with Gasteiger partial charge in [0.2, 0.25) is 21.8 Å². The van der Waals surface area contributed by atoms with Crippen molar-refractivity contribution in [3.8, 4) is 0 Å². The second kappa shape index (κ2) is 15.1. The van der Waals surface area contributed by atoms with E-state index in [1.165, 1.54) is 15.3 Å². The Morgan fingerprint density at radius 3 is 2.26 bits per heavy atom. The van der Waals surface area contributed by atoms with Gasteiger partial charge in [-0.15, -0.1) is 0 Å². The lowest BCUT2D eigenvalue weighted by Gasteiger charge is -2.34. The van der Waals surface area contributed by atoms with Crippen LogP contribution in [0.4, 0.5) is 10.1 Å². The number of nitrogens with zero attached hydrogens (tertiary/aromatic N) is 2. The zero-order valence-corrected chi connectivity index (χ0v) is 25.9. The van der Waals surface area contributed by atoms with Crippen molar-refractivity contribution in [3.63, 3.8) is 0 Å². The maximum absolute atomic E-state index is 14.9. The number of halogens is 1. The lowest BCUT2D eigenvalue weighted by molar-refractivity contribution is -0.141. The quantitative estimate of drug-likeness (QED) is 0.267. The van der Waals surface area contributed by atoms with Crippen LogP contribution in [0.5, 0.6) is 0 Å². The molecule has 1 aliphatic carbocycles. The summed E-state index contributed by atoms with van der Waals surface area (Å²) in [6, 6.07) is 22.2. The number of sulfonamides is 1. The Morgan fingerprint density at radius 2 is 1.58 bits per heavy atom. The average Bonchev–Trinajstić information content (AvgIpc) is 2.99. The molecule has 2 amide bonds. The van der Waals surface area contributed by atoms with E-state index in [0.29, 0.717) is 11.3 Å². The lowest BCUT2D eigenvalue weighted by Crippen LogP contribution is -2.53.